The van der Waals surface area contributed by atoms with Crippen molar-refractivity contribution in [3.05, 3.63) is 24.3 Å². The van der Waals surface area contributed by atoms with Crippen LogP contribution in [0.5, 0.6) is 11.5 Å². The summed E-state index contributed by atoms with van der Waals surface area (Å²) in [4.78, 5) is 11.8. The zero-order valence-corrected chi connectivity index (χ0v) is 13.4. The van der Waals surface area contributed by atoms with Gasteiger partial charge in [-0.25, -0.2) is 0 Å². The molecule has 1 N–H and O–H groups in total. The van der Waals surface area contributed by atoms with Gasteiger partial charge in [-0.15, -0.1) is 0 Å². The number of carbonyl (C=O) groups excluding carboxylic acids is 1. The predicted molar refractivity (Wildman–Crippen MR) is 84.8 cm³/mol. The van der Waals surface area contributed by atoms with E-state index in [1.165, 1.54) is 19.3 Å². The third-order valence-corrected chi connectivity index (χ3v) is 3.56. The molecule has 0 spiro atoms. The average molecular weight is 293 g/mol. The van der Waals surface area contributed by atoms with Crippen molar-refractivity contribution >= 4 is 5.91 Å². The maximum Gasteiger partial charge on any atom is 0.257 e. The van der Waals surface area contributed by atoms with Crippen molar-refractivity contribution in [2.75, 3.05) is 20.3 Å². The summed E-state index contributed by atoms with van der Waals surface area (Å²) >= 11 is 0. The number of rotatable bonds is 10. The van der Waals surface area contributed by atoms with Crippen molar-refractivity contribution in [2.45, 2.75) is 39.5 Å². The minimum atomic E-state index is -0.0687. The Hall–Kier alpha value is -1.71. The quantitative estimate of drug-likeness (QED) is 0.719. The molecule has 0 saturated carbocycles. The summed E-state index contributed by atoms with van der Waals surface area (Å²) in [7, 11) is 1.62. The third-order valence-electron chi connectivity index (χ3n) is 3.56. The largest absolute Gasteiger partial charge is 0.497 e. The fraction of sp³-hybridized carbons (Fsp3) is 0.588. The first kappa shape index (κ1) is 17.3. The Labute approximate surface area is 127 Å². The molecule has 0 heterocycles. The van der Waals surface area contributed by atoms with Crippen molar-refractivity contribution in [1.82, 2.24) is 5.32 Å². The molecule has 0 aliphatic carbocycles. The van der Waals surface area contributed by atoms with Gasteiger partial charge in [0, 0.05) is 6.54 Å². The number of hydrogen-bond donors (Lipinski definition) is 1. The van der Waals surface area contributed by atoms with Gasteiger partial charge in [0.1, 0.15) is 11.5 Å². The molecule has 0 saturated heterocycles. The molecule has 1 aromatic carbocycles. The number of nitrogens with one attached hydrogen (secondary N) is 1. The summed E-state index contributed by atoms with van der Waals surface area (Å²) in [6.07, 6.45) is 4.69. The number of hydrogen-bond acceptors (Lipinski definition) is 3. The standard InChI is InChI=1S/C17H27NO3/c1-4-6-7-14(5-2)12-18-17(19)13-21-16-10-8-15(20-3)9-11-16/h8-11,14H,4-7,12-13H2,1-3H3,(H,18,19). The Morgan fingerprint density at radius 2 is 1.86 bits per heavy atom. The van der Waals surface area contributed by atoms with Crippen LogP contribution >= 0.6 is 0 Å². The molecule has 4 nitrogen and oxygen atoms in total. The van der Waals surface area contributed by atoms with Crippen LogP contribution in [-0.4, -0.2) is 26.2 Å². The van der Waals surface area contributed by atoms with Crippen LogP contribution in [0.3, 0.4) is 0 Å². The molecular formula is C17H27NO3. The van der Waals surface area contributed by atoms with Crippen LogP contribution in [-0.2, 0) is 4.79 Å². The van der Waals surface area contributed by atoms with Gasteiger partial charge in [-0.1, -0.05) is 33.1 Å². The van der Waals surface area contributed by atoms with Crippen molar-refractivity contribution in [2.24, 2.45) is 5.92 Å². The van der Waals surface area contributed by atoms with Gasteiger partial charge < -0.3 is 14.8 Å². The van der Waals surface area contributed by atoms with Crippen LogP contribution in [0.2, 0.25) is 0 Å². The van der Waals surface area contributed by atoms with E-state index < -0.39 is 0 Å². The van der Waals surface area contributed by atoms with Crippen molar-refractivity contribution in [1.29, 1.82) is 0 Å². The van der Waals surface area contributed by atoms with Crippen LogP contribution < -0.4 is 14.8 Å². The number of unbranched alkanes of at least 4 members (excludes halogenated alkanes) is 1. The highest BCUT2D eigenvalue weighted by atomic mass is 16.5. The fourth-order valence-corrected chi connectivity index (χ4v) is 2.07. The lowest BCUT2D eigenvalue weighted by atomic mass is 9.99. The number of benzene rings is 1. The first-order valence-electron chi connectivity index (χ1n) is 7.73. The third kappa shape index (κ3) is 7.02. The minimum absolute atomic E-state index is 0.0521. The molecule has 118 valence electrons. The Morgan fingerprint density at radius 3 is 2.43 bits per heavy atom. The van der Waals surface area contributed by atoms with Crippen molar-refractivity contribution in [3.63, 3.8) is 0 Å². The molecule has 1 atom stereocenters. The first-order valence-corrected chi connectivity index (χ1v) is 7.73. The molecule has 1 unspecified atom stereocenters. The van der Waals surface area contributed by atoms with Gasteiger partial charge in [0.15, 0.2) is 6.61 Å². The summed E-state index contributed by atoms with van der Waals surface area (Å²) in [6.45, 7) is 5.15. The van der Waals surface area contributed by atoms with E-state index >= 15 is 0 Å². The van der Waals surface area contributed by atoms with E-state index in [1.807, 2.05) is 12.1 Å². The van der Waals surface area contributed by atoms with Crippen LogP contribution in [0.15, 0.2) is 24.3 Å². The monoisotopic (exact) mass is 293 g/mol. The maximum absolute atomic E-state index is 11.8. The summed E-state index contributed by atoms with van der Waals surface area (Å²) in [5.74, 6) is 1.94. The van der Waals surface area contributed by atoms with E-state index in [0.717, 1.165) is 18.7 Å². The lowest BCUT2D eigenvalue weighted by molar-refractivity contribution is -0.123. The van der Waals surface area contributed by atoms with Gasteiger partial charge >= 0.3 is 0 Å². The van der Waals surface area contributed by atoms with Gasteiger partial charge in [0.25, 0.3) is 5.91 Å². The van der Waals surface area contributed by atoms with Gasteiger partial charge in [0.2, 0.25) is 0 Å². The fourth-order valence-electron chi connectivity index (χ4n) is 2.07. The van der Waals surface area contributed by atoms with E-state index in [2.05, 4.69) is 19.2 Å². The first-order chi connectivity index (χ1) is 10.2. The number of ether oxygens (including phenoxy) is 2. The Balaban J connectivity index is 2.26. The van der Waals surface area contributed by atoms with Gasteiger partial charge in [-0.2, -0.15) is 0 Å². The molecule has 0 radical (unpaired) electrons. The van der Waals surface area contributed by atoms with Crippen LogP contribution in [0.1, 0.15) is 39.5 Å². The lowest BCUT2D eigenvalue weighted by Gasteiger charge is -2.15. The normalized spacial score (nSPS) is 11.8. The molecule has 1 rings (SSSR count). The van der Waals surface area contributed by atoms with E-state index in [0.29, 0.717) is 11.7 Å². The summed E-state index contributed by atoms with van der Waals surface area (Å²) < 4.78 is 10.5. The molecule has 21 heavy (non-hydrogen) atoms. The second-order valence-electron chi connectivity index (χ2n) is 5.18. The molecule has 4 heteroatoms. The lowest BCUT2D eigenvalue weighted by Crippen LogP contribution is -2.33. The summed E-state index contributed by atoms with van der Waals surface area (Å²) in [5, 5.41) is 2.95. The predicted octanol–water partition coefficient (Wildman–Crippen LogP) is 3.41. The molecule has 0 aliphatic heterocycles. The van der Waals surface area contributed by atoms with Gasteiger partial charge in [0.05, 0.1) is 7.11 Å². The number of methoxy groups -OCH3 is 1. The van der Waals surface area contributed by atoms with Crippen LogP contribution in [0, 0.1) is 5.92 Å². The molecule has 0 aromatic heterocycles. The van der Waals surface area contributed by atoms with Crippen molar-refractivity contribution < 1.29 is 14.3 Å². The van der Waals surface area contributed by atoms with Crippen LogP contribution in [0.25, 0.3) is 0 Å². The number of carbonyl (C=O) groups is 1. The highest BCUT2D eigenvalue weighted by molar-refractivity contribution is 5.77. The Kier molecular flexibility index (Phi) is 8.32. The SMILES string of the molecule is CCCCC(CC)CNC(=O)COc1ccc(OC)cc1. The summed E-state index contributed by atoms with van der Waals surface area (Å²) in [5.41, 5.74) is 0. The molecular weight excluding hydrogens is 266 g/mol. The molecule has 0 fully saturated rings. The topological polar surface area (TPSA) is 47.6 Å². The maximum atomic E-state index is 11.8. The van der Waals surface area contributed by atoms with Gasteiger partial charge in [-0.3, -0.25) is 4.79 Å². The van der Waals surface area contributed by atoms with E-state index in [1.54, 1.807) is 19.2 Å². The Morgan fingerprint density at radius 1 is 1.19 bits per heavy atom. The molecule has 1 aromatic rings. The second-order valence-corrected chi connectivity index (χ2v) is 5.18. The highest BCUT2D eigenvalue weighted by Gasteiger charge is 2.08. The summed E-state index contributed by atoms with van der Waals surface area (Å²) in [6, 6.07) is 7.21. The van der Waals surface area contributed by atoms with E-state index in [9.17, 15) is 4.79 Å². The smallest absolute Gasteiger partial charge is 0.257 e. The van der Waals surface area contributed by atoms with E-state index in [4.69, 9.17) is 9.47 Å². The van der Waals surface area contributed by atoms with Gasteiger partial charge in [-0.05, 0) is 36.6 Å². The molecule has 1 amide bonds. The molecule has 0 bridgehead atoms. The second kappa shape index (κ2) is 10.1. The van der Waals surface area contributed by atoms with Crippen molar-refractivity contribution in [3.8, 4) is 11.5 Å². The average Bonchev–Trinajstić information content (AvgIpc) is 2.53. The van der Waals surface area contributed by atoms with E-state index in [-0.39, 0.29) is 12.5 Å². The zero-order valence-electron chi connectivity index (χ0n) is 13.4. The number of amides is 1. The molecule has 0 aliphatic rings. The van der Waals surface area contributed by atoms with Crippen LogP contribution in [0.4, 0.5) is 0 Å². The zero-order chi connectivity index (χ0) is 15.5. The minimum Gasteiger partial charge on any atom is -0.497 e. The Bertz CT molecular complexity index is 403. The highest BCUT2D eigenvalue weighted by Crippen LogP contribution is 2.16.